The maximum absolute atomic E-state index is 12.9. The first-order valence-corrected chi connectivity index (χ1v) is 9.67. The molecule has 2 amide bonds. The van der Waals surface area contributed by atoms with Gasteiger partial charge in [-0.25, -0.2) is 9.82 Å². The SMILES string of the molecule is O=C(N/N=C/c1ccccc1OCc1ccc(Br)cc1)C(=O)Nc1ccc(F)cc1. The molecule has 3 aromatic rings. The molecule has 3 rings (SSSR count). The molecule has 0 aliphatic heterocycles. The molecule has 0 fully saturated rings. The van der Waals surface area contributed by atoms with Crippen LogP contribution >= 0.6 is 15.9 Å². The predicted molar refractivity (Wildman–Crippen MR) is 116 cm³/mol. The second kappa shape index (κ2) is 10.3. The summed E-state index contributed by atoms with van der Waals surface area (Å²) in [6.07, 6.45) is 1.39. The summed E-state index contributed by atoms with van der Waals surface area (Å²) < 4.78 is 19.7. The molecule has 0 radical (unpaired) electrons. The Morgan fingerprint density at radius 2 is 1.67 bits per heavy atom. The van der Waals surface area contributed by atoms with Crippen molar-refractivity contribution in [2.75, 3.05) is 5.32 Å². The van der Waals surface area contributed by atoms with Gasteiger partial charge in [-0.1, -0.05) is 40.2 Å². The Hall–Kier alpha value is -3.52. The lowest BCUT2D eigenvalue weighted by atomic mass is 10.2. The number of nitrogens with zero attached hydrogens (tertiary/aromatic N) is 1. The van der Waals surface area contributed by atoms with Crippen molar-refractivity contribution in [1.29, 1.82) is 0 Å². The molecule has 6 nitrogen and oxygen atoms in total. The Bertz CT molecular complexity index is 1050. The summed E-state index contributed by atoms with van der Waals surface area (Å²) in [5, 5.41) is 6.17. The number of hydrazone groups is 1. The van der Waals surface area contributed by atoms with E-state index in [1.54, 1.807) is 18.2 Å². The van der Waals surface area contributed by atoms with E-state index in [1.807, 2.05) is 30.3 Å². The molecule has 3 aromatic carbocycles. The molecule has 0 heterocycles. The van der Waals surface area contributed by atoms with Crippen molar-refractivity contribution in [1.82, 2.24) is 5.43 Å². The van der Waals surface area contributed by atoms with Gasteiger partial charge in [0.2, 0.25) is 0 Å². The Balaban J connectivity index is 1.56. The van der Waals surface area contributed by atoms with Crippen molar-refractivity contribution in [3.8, 4) is 5.75 Å². The number of hydrogen-bond acceptors (Lipinski definition) is 4. The van der Waals surface area contributed by atoms with E-state index in [0.29, 0.717) is 23.6 Å². The lowest BCUT2D eigenvalue weighted by Crippen LogP contribution is -2.32. The van der Waals surface area contributed by atoms with Crippen molar-refractivity contribution in [3.63, 3.8) is 0 Å². The number of rotatable bonds is 6. The van der Waals surface area contributed by atoms with Crippen LogP contribution in [-0.4, -0.2) is 18.0 Å². The summed E-state index contributed by atoms with van der Waals surface area (Å²) in [6.45, 7) is 0.366. The van der Waals surface area contributed by atoms with E-state index >= 15 is 0 Å². The Kier molecular flexibility index (Phi) is 7.29. The number of carbonyl (C=O) groups is 2. The van der Waals surface area contributed by atoms with Gasteiger partial charge in [-0.2, -0.15) is 5.10 Å². The maximum Gasteiger partial charge on any atom is 0.329 e. The lowest BCUT2D eigenvalue weighted by molar-refractivity contribution is -0.136. The molecule has 0 aromatic heterocycles. The number of halogens is 2. The smallest absolute Gasteiger partial charge is 0.329 e. The van der Waals surface area contributed by atoms with Crippen LogP contribution in [0.3, 0.4) is 0 Å². The summed E-state index contributed by atoms with van der Waals surface area (Å²) >= 11 is 3.39. The zero-order valence-electron chi connectivity index (χ0n) is 15.6. The monoisotopic (exact) mass is 469 g/mol. The molecular formula is C22H17BrFN3O3. The predicted octanol–water partition coefficient (Wildman–Crippen LogP) is 4.26. The van der Waals surface area contributed by atoms with Crippen LogP contribution in [0.5, 0.6) is 5.75 Å². The fraction of sp³-hybridized carbons (Fsp3) is 0.0455. The zero-order valence-corrected chi connectivity index (χ0v) is 17.2. The number of hydrogen-bond donors (Lipinski definition) is 2. The number of anilines is 1. The van der Waals surface area contributed by atoms with Gasteiger partial charge in [0.05, 0.1) is 6.21 Å². The summed E-state index contributed by atoms with van der Waals surface area (Å²) in [5.74, 6) is -1.74. The van der Waals surface area contributed by atoms with Crippen LogP contribution in [0, 0.1) is 5.82 Å². The number of carbonyl (C=O) groups excluding carboxylic acids is 2. The third-order valence-corrected chi connectivity index (χ3v) is 4.43. The van der Waals surface area contributed by atoms with E-state index in [-0.39, 0.29) is 0 Å². The van der Waals surface area contributed by atoms with E-state index in [4.69, 9.17) is 4.74 Å². The molecule has 0 bridgehead atoms. The number of para-hydroxylation sites is 1. The minimum atomic E-state index is -0.955. The highest BCUT2D eigenvalue weighted by molar-refractivity contribution is 9.10. The van der Waals surface area contributed by atoms with Gasteiger partial charge in [0.1, 0.15) is 18.2 Å². The molecular weight excluding hydrogens is 453 g/mol. The molecule has 0 unspecified atom stereocenters. The van der Waals surface area contributed by atoms with Gasteiger partial charge in [0, 0.05) is 15.7 Å². The van der Waals surface area contributed by atoms with Crippen LogP contribution in [0.2, 0.25) is 0 Å². The first-order chi connectivity index (χ1) is 14.5. The van der Waals surface area contributed by atoms with Crippen LogP contribution in [0.15, 0.2) is 82.4 Å². The van der Waals surface area contributed by atoms with Gasteiger partial charge in [0.25, 0.3) is 0 Å². The maximum atomic E-state index is 12.9. The normalized spacial score (nSPS) is 10.6. The van der Waals surface area contributed by atoms with Crippen molar-refractivity contribution in [3.05, 3.63) is 94.2 Å². The standard InChI is InChI=1S/C22H17BrFN3O3/c23-17-7-5-15(6-8-17)14-30-20-4-2-1-3-16(20)13-25-27-22(29)21(28)26-19-11-9-18(24)10-12-19/h1-13H,14H2,(H,26,28)(H,27,29)/b25-13+. The highest BCUT2D eigenvalue weighted by Crippen LogP contribution is 2.18. The fourth-order valence-corrected chi connectivity index (χ4v) is 2.66. The van der Waals surface area contributed by atoms with Crippen molar-refractivity contribution in [2.24, 2.45) is 5.10 Å². The third-order valence-electron chi connectivity index (χ3n) is 3.90. The quantitative estimate of drug-likeness (QED) is 0.321. The molecule has 0 aliphatic carbocycles. The number of ether oxygens (including phenoxy) is 1. The van der Waals surface area contributed by atoms with Crippen LogP contribution in [-0.2, 0) is 16.2 Å². The Labute approximate surface area is 180 Å². The number of amides is 2. The molecule has 152 valence electrons. The van der Waals surface area contributed by atoms with E-state index < -0.39 is 17.6 Å². The first kappa shape index (κ1) is 21.2. The second-order valence-electron chi connectivity index (χ2n) is 6.11. The van der Waals surface area contributed by atoms with Crippen molar-refractivity contribution >= 4 is 39.6 Å². The van der Waals surface area contributed by atoms with E-state index in [2.05, 4.69) is 31.8 Å². The van der Waals surface area contributed by atoms with Crippen molar-refractivity contribution in [2.45, 2.75) is 6.61 Å². The van der Waals surface area contributed by atoms with E-state index in [0.717, 1.165) is 10.0 Å². The van der Waals surface area contributed by atoms with Crippen LogP contribution in [0.25, 0.3) is 0 Å². The van der Waals surface area contributed by atoms with Gasteiger partial charge in [-0.3, -0.25) is 9.59 Å². The molecule has 0 saturated carbocycles. The highest BCUT2D eigenvalue weighted by Gasteiger charge is 2.13. The van der Waals surface area contributed by atoms with Crippen LogP contribution in [0.4, 0.5) is 10.1 Å². The minimum Gasteiger partial charge on any atom is -0.488 e. The van der Waals surface area contributed by atoms with Crippen LogP contribution < -0.4 is 15.5 Å². The highest BCUT2D eigenvalue weighted by atomic mass is 79.9. The lowest BCUT2D eigenvalue weighted by Gasteiger charge is -2.09. The van der Waals surface area contributed by atoms with E-state index in [1.165, 1.54) is 30.5 Å². The van der Waals surface area contributed by atoms with Gasteiger partial charge in [0.15, 0.2) is 0 Å². The zero-order chi connectivity index (χ0) is 21.3. The van der Waals surface area contributed by atoms with Gasteiger partial charge in [-0.05, 0) is 54.1 Å². The molecule has 0 saturated heterocycles. The Morgan fingerprint density at radius 3 is 2.40 bits per heavy atom. The topological polar surface area (TPSA) is 79.8 Å². The molecule has 0 atom stereocenters. The van der Waals surface area contributed by atoms with Gasteiger partial charge < -0.3 is 10.1 Å². The number of benzene rings is 3. The average Bonchev–Trinajstić information content (AvgIpc) is 2.75. The minimum absolute atomic E-state index is 0.298. The molecule has 0 spiro atoms. The Morgan fingerprint density at radius 1 is 0.967 bits per heavy atom. The van der Waals surface area contributed by atoms with E-state index in [9.17, 15) is 14.0 Å². The summed E-state index contributed by atoms with van der Waals surface area (Å²) in [5.41, 5.74) is 4.08. The largest absolute Gasteiger partial charge is 0.488 e. The first-order valence-electron chi connectivity index (χ1n) is 8.87. The summed E-state index contributed by atoms with van der Waals surface area (Å²) in [7, 11) is 0. The summed E-state index contributed by atoms with van der Waals surface area (Å²) in [4.78, 5) is 23.8. The third kappa shape index (κ3) is 6.25. The van der Waals surface area contributed by atoms with Gasteiger partial charge in [-0.15, -0.1) is 0 Å². The molecule has 0 aliphatic rings. The van der Waals surface area contributed by atoms with Crippen molar-refractivity contribution < 1.29 is 18.7 Å². The molecule has 8 heteroatoms. The second-order valence-corrected chi connectivity index (χ2v) is 7.03. The summed E-state index contributed by atoms with van der Waals surface area (Å²) in [6, 6.07) is 20.0. The number of nitrogens with one attached hydrogen (secondary N) is 2. The fourth-order valence-electron chi connectivity index (χ4n) is 2.39. The average molecular weight is 470 g/mol. The molecule has 2 N–H and O–H groups in total. The van der Waals surface area contributed by atoms with Gasteiger partial charge >= 0.3 is 11.8 Å². The molecule has 30 heavy (non-hydrogen) atoms. The van der Waals surface area contributed by atoms with Crippen LogP contribution in [0.1, 0.15) is 11.1 Å².